The minimum atomic E-state index is -0.657. The molecular formula is C13H19NO2S. The van der Waals surface area contributed by atoms with Crippen LogP contribution in [0.15, 0.2) is 11.4 Å². The van der Waals surface area contributed by atoms with Crippen LogP contribution in [0.2, 0.25) is 0 Å². The Morgan fingerprint density at radius 1 is 1.65 bits per heavy atom. The summed E-state index contributed by atoms with van der Waals surface area (Å²) >= 11 is 1.77. The third-order valence-corrected chi connectivity index (χ3v) is 5.09. The number of thiophene rings is 1. The quantitative estimate of drug-likeness (QED) is 0.900. The molecule has 17 heavy (non-hydrogen) atoms. The molecule has 0 aliphatic carbocycles. The number of nitrogens with zero attached hydrogens (tertiary/aromatic N) is 1. The third-order valence-electron chi connectivity index (χ3n) is 3.90. The molecule has 0 aromatic carbocycles. The number of hydrogen-bond acceptors (Lipinski definition) is 3. The fourth-order valence-corrected chi connectivity index (χ4v) is 3.81. The first-order valence-electron chi connectivity index (χ1n) is 6.05. The Morgan fingerprint density at radius 2 is 2.35 bits per heavy atom. The van der Waals surface area contributed by atoms with E-state index in [0.29, 0.717) is 6.04 Å². The van der Waals surface area contributed by atoms with Crippen LogP contribution in [0.1, 0.15) is 36.8 Å². The maximum atomic E-state index is 11.1. The van der Waals surface area contributed by atoms with Gasteiger partial charge in [-0.05, 0) is 50.7 Å². The van der Waals surface area contributed by atoms with Gasteiger partial charge in [0.1, 0.15) is 0 Å². The van der Waals surface area contributed by atoms with Crippen LogP contribution in [0.4, 0.5) is 0 Å². The van der Waals surface area contributed by atoms with Crippen LogP contribution < -0.4 is 0 Å². The molecule has 1 aromatic rings. The predicted molar refractivity (Wildman–Crippen MR) is 69.4 cm³/mol. The fourth-order valence-electron chi connectivity index (χ4n) is 2.80. The first kappa shape index (κ1) is 12.6. The van der Waals surface area contributed by atoms with E-state index in [-0.39, 0.29) is 12.0 Å². The molecule has 0 amide bonds. The van der Waals surface area contributed by atoms with Crippen LogP contribution in [0.5, 0.6) is 0 Å². The molecule has 4 heteroatoms. The van der Waals surface area contributed by atoms with Gasteiger partial charge in [0.15, 0.2) is 0 Å². The van der Waals surface area contributed by atoms with Crippen molar-refractivity contribution in [2.45, 2.75) is 39.3 Å². The lowest BCUT2D eigenvalue weighted by Crippen LogP contribution is -2.34. The highest BCUT2D eigenvalue weighted by molar-refractivity contribution is 7.10. The average Bonchev–Trinajstić information content (AvgIpc) is 2.83. The van der Waals surface area contributed by atoms with Crippen molar-refractivity contribution in [3.05, 3.63) is 21.9 Å². The van der Waals surface area contributed by atoms with Crippen molar-refractivity contribution in [2.24, 2.45) is 5.92 Å². The largest absolute Gasteiger partial charge is 0.481 e. The van der Waals surface area contributed by atoms with Gasteiger partial charge < -0.3 is 5.11 Å². The van der Waals surface area contributed by atoms with E-state index >= 15 is 0 Å². The lowest BCUT2D eigenvalue weighted by atomic mass is 10.0. The van der Waals surface area contributed by atoms with Gasteiger partial charge in [-0.2, -0.15) is 0 Å². The Morgan fingerprint density at radius 3 is 2.82 bits per heavy atom. The molecule has 2 rings (SSSR count). The van der Waals surface area contributed by atoms with Crippen molar-refractivity contribution in [1.29, 1.82) is 0 Å². The molecule has 1 N–H and O–H groups in total. The van der Waals surface area contributed by atoms with Gasteiger partial charge in [-0.25, -0.2) is 0 Å². The molecule has 1 aromatic heterocycles. The number of carboxylic acid groups (broad SMARTS) is 1. The zero-order valence-electron chi connectivity index (χ0n) is 10.5. The Balaban J connectivity index is 2.14. The molecule has 0 radical (unpaired) electrons. The Kier molecular flexibility index (Phi) is 3.54. The van der Waals surface area contributed by atoms with Crippen LogP contribution >= 0.6 is 11.3 Å². The van der Waals surface area contributed by atoms with E-state index in [0.717, 1.165) is 13.0 Å². The molecule has 3 atom stereocenters. The molecule has 2 heterocycles. The van der Waals surface area contributed by atoms with Gasteiger partial charge in [0, 0.05) is 17.0 Å². The molecule has 1 saturated heterocycles. The summed E-state index contributed by atoms with van der Waals surface area (Å²) in [5, 5.41) is 11.3. The van der Waals surface area contributed by atoms with Gasteiger partial charge >= 0.3 is 5.97 Å². The van der Waals surface area contributed by atoms with E-state index < -0.39 is 5.97 Å². The standard InChI is InChI=1S/C13H19NO2S/c1-8-5-7-17-12(8)10(3)14-6-4-11(9(14)2)13(15)16/h5,7,9-11H,4,6H2,1-3H3,(H,15,16). The summed E-state index contributed by atoms with van der Waals surface area (Å²) in [5.74, 6) is -0.868. The fraction of sp³-hybridized carbons (Fsp3) is 0.615. The molecule has 0 saturated carbocycles. The molecule has 1 aliphatic heterocycles. The van der Waals surface area contributed by atoms with Gasteiger partial charge in [-0.15, -0.1) is 11.3 Å². The SMILES string of the molecule is Cc1ccsc1C(C)N1CCC(C(=O)O)C1C. The summed E-state index contributed by atoms with van der Waals surface area (Å²) in [4.78, 5) is 14.8. The summed E-state index contributed by atoms with van der Waals surface area (Å²) in [6, 6.07) is 2.59. The van der Waals surface area contributed by atoms with E-state index in [1.54, 1.807) is 11.3 Å². The second kappa shape index (κ2) is 4.78. The molecule has 94 valence electrons. The minimum Gasteiger partial charge on any atom is -0.481 e. The zero-order chi connectivity index (χ0) is 12.6. The van der Waals surface area contributed by atoms with Crippen molar-refractivity contribution >= 4 is 17.3 Å². The van der Waals surface area contributed by atoms with Crippen LogP contribution in [0.25, 0.3) is 0 Å². The van der Waals surface area contributed by atoms with Crippen molar-refractivity contribution in [1.82, 2.24) is 4.90 Å². The highest BCUT2D eigenvalue weighted by atomic mass is 32.1. The molecular weight excluding hydrogens is 234 g/mol. The number of carbonyl (C=O) groups is 1. The van der Waals surface area contributed by atoms with E-state index in [4.69, 9.17) is 5.11 Å². The maximum absolute atomic E-state index is 11.1. The number of carboxylic acids is 1. The van der Waals surface area contributed by atoms with Crippen molar-refractivity contribution in [3.8, 4) is 0 Å². The molecule has 3 unspecified atom stereocenters. The van der Waals surface area contributed by atoms with Gasteiger partial charge in [0.25, 0.3) is 0 Å². The van der Waals surface area contributed by atoms with E-state index in [2.05, 4.69) is 30.2 Å². The summed E-state index contributed by atoms with van der Waals surface area (Å²) in [6.07, 6.45) is 0.769. The Bertz CT molecular complexity index is 415. The second-order valence-corrected chi connectivity index (χ2v) is 5.80. The van der Waals surface area contributed by atoms with Gasteiger partial charge in [-0.3, -0.25) is 9.69 Å². The summed E-state index contributed by atoms with van der Waals surface area (Å²) in [7, 11) is 0. The maximum Gasteiger partial charge on any atom is 0.308 e. The van der Waals surface area contributed by atoms with Crippen molar-refractivity contribution in [3.63, 3.8) is 0 Å². The number of aryl methyl sites for hydroxylation is 1. The van der Waals surface area contributed by atoms with E-state index in [1.165, 1.54) is 10.4 Å². The van der Waals surface area contributed by atoms with E-state index in [1.807, 2.05) is 6.92 Å². The topological polar surface area (TPSA) is 40.5 Å². The molecule has 1 fully saturated rings. The molecule has 3 nitrogen and oxygen atoms in total. The van der Waals surface area contributed by atoms with Gasteiger partial charge in [0.2, 0.25) is 0 Å². The lowest BCUT2D eigenvalue weighted by molar-refractivity contribution is -0.142. The van der Waals surface area contributed by atoms with Crippen LogP contribution in [0.3, 0.4) is 0 Å². The lowest BCUT2D eigenvalue weighted by Gasteiger charge is -2.29. The number of likely N-dealkylation sites (tertiary alicyclic amines) is 1. The van der Waals surface area contributed by atoms with Crippen LogP contribution in [-0.2, 0) is 4.79 Å². The average molecular weight is 253 g/mol. The summed E-state index contributed by atoms with van der Waals surface area (Å²) < 4.78 is 0. The van der Waals surface area contributed by atoms with Crippen LogP contribution in [-0.4, -0.2) is 28.6 Å². The Labute approximate surface area is 106 Å². The van der Waals surface area contributed by atoms with E-state index in [9.17, 15) is 4.79 Å². The molecule has 0 spiro atoms. The first-order chi connectivity index (χ1) is 8.02. The minimum absolute atomic E-state index is 0.129. The zero-order valence-corrected chi connectivity index (χ0v) is 11.3. The van der Waals surface area contributed by atoms with Crippen molar-refractivity contribution in [2.75, 3.05) is 6.54 Å². The van der Waals surface area contributed by atoms with Gasteiger partial charge in [0.05, 0.1) is 5.92 Å². The smallest absolute Gasteiger partial charge is 0.308 e. The monoisotopic (exact) mass is 253 g/mol. The van der Waals surface area contributed by atoms with Crippen LogP contribution in [0, 0.1) is 12.8 Å². The third kappa shape index (κ3) is 2.24. The summed E-state index contributed by atoms with van der Waals surface area (Å²) in [5.41, 5.74) is 1.31. The second-order valence-electron chi connectivity index (χ2n) is 4.86. The highest BCUT2D eigenvalue weighted by Gasteiger charge is 2.38. The first-order valence-corrected chi connectivity index (χ1v) is 6.93. The normalized spacial score (nSPS) is 27.2. The number of hydrogen-bond donors (Lipinski definition) is 1. The number of aliphatic carboxylic acids is 1. The van der Waals surface area contributed by atoms with Crippen molar-refractivity contribution < 1.29 is 9.90 Å². The van der Waals surface area contributed by atoms with Gasteiger partial charge in [-0.1, -0.05) is 0 Å². The Hall–Kier alpha value is -0.870. The molecule has 1 aliphatic rings. The highest BCUT2D eigenvalue weighted by Crippen LogP contribution is 2.35. The predicted octanol–water partition coefficient (Wildman–Crippen LogP) is 2.91. The summed E-state index contributed by atoms with van der Waals surface area (Å²) in [6.45, 7) is 7.22. The molecule has 0 bridgehead atoms. The number of rotatable bonds is 3.